The van der Waals surface area contributed by atoms with Crippen molar-refractivity contribution in [1.29, 1.82) is 0 Å². The van der Waals surface area contributed by atoms with Crippen molar-refractivity contribution < 1.29 is 4.79 Å². The first-order chi connectivity index (χ1) is 10.5. The number of rotatable bonds is 3. The predicted molar refractivity (Wildman–Crippen MR) is 88.1 cm³/mol. The Morgan fingerprint density at radius 2 is 1.95 bits per heavy atom. The molecule has 3 aromatic rings. The molecule has 1 N–H and O–H groups in total. The third-order valence-electron chi connectivity index (χ3n) is 3.73. The highest BCUT2D eigenvalue weighted by molar-refractivity contribution is 6.30. The largest absolute Gasteiger partial charge is 0.348 e. The molecule has 1 aromatic heterocycles. The van der Waals surface area contributed by atoms with Gasteiger partial charge in [0.15, 0.2) is 0 Å². The summed E-state index contributed by atoms with van der Waals surface area (Å²) in [5, 5.41) is 3.52. The van der Waals surface area contributed by atoms with E-state index in [-0.39, 0.29) is 5.91 Å². The molecule has 22 heavy (non-hydrogen) atoms. The van der Waals surface area contributed by atoms with Gasteiger partial charge in [0, 0.05) is 24.2 Å². The van der Waals surface area contributed by atoms with Crippen LogP contribution in [0.4, 0.5) is 0 Å². The quantitative estimate of drug-likeness (QED) is 0.805. The predicted octanol–water partition coefficient (Wildman–Crippen LogP) is 3.47. The molecule has 0 aliphatic rings. The monoisotopic (exact) mass is 313 g/mol. The molecule has 0 aliphatic carbocycles. The number of hydrogen-bond donors (Lipinski definition) is 1. The molecule has 0 saturated heterocycles. The zero-order valence-corrected chi connectivity index (χ0v) is 13.2. The van der Waals surface area contributed by atoms with Crippen LogP contribution in [-0.2, 0) is 13.6 Å². The van der Waals surface area contributed by atoms with Crippen LogP contribution in [0.3, 0.4) is 0 Å². The van der Waals surface area contributed by atoms with Crippen molar-refractivity contribution in [3.63, 3.8) is 0 Å². The summed E-state index contributed by atoms with van der Waals surface area (Å²) in [6, 6.07) is 12.9. The minimum atomic E-state index is -0.117. The number of hydrogen-bond acceptors (Lipinski definition) is 2. The number of carbonyl (C=O) groups excluding carboxylic acids is 1. The highest BCUT2D eigenvalue weighted by Crippen LogP contribution is 2.16. The molecule has 0 bridgehead atoms. The summed E-state index contributed by atoms with van der Waals surface area (Å²) < 4.78 is 2.05. The molecule has 112 valence electrons. The van der Waals surface area contributed by atoms with Crippen molar-refractivity contribution in [3.05, 3.63) is 64.4 Å². The lowest BCUT2D eigenvalue weighted by molar-refractivity contribution is 0.0951. The zero-order chi connectivity index (χ0) is 15.7. The van der Waals surface area contributed by atoms with Gasteiger partial charge >= 0.3 is 0 Å². The van der Waals surface area contributed by atoms with Crippen LogP contribution in [0, 0.1) is 6.92 Å². The van der Waals surface area contributed by atoms with Gasteiger partial charge in [-0.25, -0.2) is 4.98 Å². The number of aromatic nitrogens is 2. The lowest BCUT2D eigenvalue weighted by Gasteiger charge is -2.06. The maximum Gasteiger partial charge on any atom is 0.251 e. The molecule has 5 heteroatoms. The van der Waals surface area contributed by atoms with Crippen LogP contribution in [0.5, 0.6) is 0 Å². The number of nitrogens with one attached hydrogen (secondary N) is 1. The van der Waals surface area contributed by atoms with E-state index in [4.69, 9.17) is 11.6 Å². The first-order valence-electron chi connectivity index (χ1n) is 7.00. The molecule has 0 saturated carbocycles. The molecule has 1 heterocycles. The number of aryl methyl sites for hydroxylation is 2. The Kier molecular flexibility index (Phi) is 3.86. The van der Waals surface area contributed by atoms with E-state index in [1.54, 1.807) is 24.3 Å². The Bertz CT molecular complexity index is 837. The Hall–Kier alpha value is -2.33. The Morgan fingerprint density at radius 3 is 2.68 bits per heavy atom. The first kappa shape index (κ1) is 14.6. The highest BCUT2D eigenvalue weighted by Gasteiger charge is 2.07. The van der Waals surface area contributed by atoms with E-state index in [9.17, 15) is 4.79 Å². The number of benzene rings is 2. The van der Waals surface area contributed by atoms with Crippen molar-refractivity contribution in [1.82, 2.24) is 14.9 Å². The third-order valence-corrected chi connectivity index (χ3v) is 3.98. The average molecular weight is 314 g/mol. The lowest BCUT2D eigenvalue weighted by Crippen LogP contribution is -2.22. The molecule has 0 aliphatic heterocycles. The highest BCUT2D eigenvalue weighted by atomic mass is 35.5. The van der Waals surface area contributed by atoms with Crippen molar-refractivity contribution in [2.75, 3.05) is 0 Å². The van der Waals surface area contributed by atoms with Gasteiger partial charge in [-0.2, -0.15) is 0 Å². The van der Waals surface area contributed by atoms with E-state index < -0.39 is 0 Å². The van der Waals surface area contributed by atoms with E-state index in [2.05, 4.69) is 10.3 Å². The van der Waals surface area contributed by atoms with Crippen molar-refractivity contribution in [2.45, 2.75) is 13.5 Å². The summed E-state index contributed by atoms with van der Waals surface area (Å²) in [6.07, 6.45) is 0. The van der Waals surface area contributed by atoms with Gasteiger partial charge in [0.05, 0.1) is 11.0 Å². The average Bonchev–Trinajstić information content (AvgIpc) is 2.80. The van der Waals surface area contributed by atoms with Crippen LogP contribution < -0.4 is 5.32 Å². The van der Waals surface area contributed by atoms with Gasteiger partial charge in [0.25, 0.3) is 5.91 Å². The standard InChI is InChI=1S/C17H16ClN3O/c1-11-20-15-9-12(3-8-16(15)21(11)2)10-19-17(22)13-4-6-14(18)7-5-13/h3-9H,10H2,1-2H3,(H,19,22). The summed E-state index contributed by atoms with van der Waals surface area (Å²) >= 11 is 5.82. The molecule has 0 fully saturated rings. The molecule has 4 nitrogen and oxygen atoms in total. The summed E-state index contributed by atoms with van der Waals surface area (Å²) in [4.78, 5) is 16.6. The summed E-state index contributed by atoms with van der Waals surface area (Å²) in [6.45, 7) is 2.44. The molecule has 0 spiro atoms. The van der Waals surface area contributed by atoms with Crippen molar-refractivity contribution >= 4 is 28.5 Å². The molecule has 0 atom stereocenters. The molecule has 0 radical (unpaired) electrons. The van der Waals surface area contributed by atoms with Crippen LogP contribution in [-0.4, -0.2) is 15.5 Å². The van der Waals surface area contributed by atoms with Crippen LogP contribution in [0.1, 0.15) is 21.7 Å². The number of imidazole rings is 1. The molecular weight excluding hydrogens is 298 g/mol. The minimum absolute atomic E-state index is 0.117. The van der Waals surface area contributed by atoms with Gasteiger partial charge in [-0.05, 0) is 48.9 Å². The van der Waals surface area contributed by atoms with Crippen LogP contribution in [0.2, 0.25) is 5.02 Å². The number of nitrogens with zero attached hydrogens (tertiary/aromatic N) is 2. The number of carbonyl (C=O) groups is 1. The second kappa shape index (κ2) is 5.81. The molecule has 1 amide bonds. The van der Waals surface area contributed by atoms with Crippen LogP contribution in [0.15, 0.2) is 42.5 Å². The lowest BCUT2D eigenvalue weighted by atomic mass is 10.1. The Labute approximate surface area is 133 Å². The van der Waals surface area contributed by atoms with Crippen molar-refractivity contribution in [2.24, 2.45) is 7.05 Å². The summed E-state index contributed by atoms with van der Waals surface area (Å²) in [5.74, 6) is 0.853. The van der Waals surface area contributed by atoms with E-state index >= 15 is 0 Å². The minimum Gasteiger partial charge on any atom is -0.348 e. The fourth-order valence-electron chi connectivity index (χ4n) is 2.36. The summed E-state index contributed by atoms with van der Waals surface area (Å²) in [7, 11) is 1.99. The van der Waals surface area contributed by atoms with E-state index in [1.165, 1.54) is 0 Å². The first-order valence-corrected chi connectivity index (χ1v) is 7.38. The molecule has 0 unspecified atom stereocenters. The second-order valence-corrected chi connectivity index (χ2v) is 5.67. The van der Waals surface area contributed by atoms with Crippen LogP contribution >= 0.6 is 11.6 Å². The number of halogens is 1. The maximum absolute atomic E-state index is 12.1. The smallest absolute Gasteiger partial charge is 0.251 e. The maximum atomic E-state index is 12.1. The Morgan fingerprint density at radius 1 is 1.23 bits per heavy atom. The van der Waals surface area contributed by atoms with Crippen molar-refractivity contribution in [3.8, 4) is 0 Å². The number of fused-ring (bicyclic) bond motifs is 1. The van der Waals surface area contributed by atoms with Gasteiger partial charge in [0.2, 0.25) is 0 Å². The SMILES string of the molecule is Cc1nc2cc(CNC(=O)c3ccc(Cl)cc3)ccc2n1C. The zero-order valence-electron chi connectivity index (χ0n) is 12.4. The van der Waals surface area contributed by atoms with Gasteiger partial charge in [0.1, 0.15) is 5.82 Å². The second-order valence-electron chi connectivity index (χ2n) is 5.23. The normalized spacial score (nSPS) is 10.9. The van der Waals surface area contributed by atoms with E-state index in [0.717, 1.165) is 22.4 Å². The molecular formula is C17H16ClN3O. The third kappa shape index (κ3) is 2.83. The fraction of sp³-hybridized carbons (Fsp3) is 0.176. The van der Waals surface area contributed by atoms with Gasteiger partial charge in [-0.15, -0.1) is 0 Å². The fourth-order valence-corrected chi connectivity index (χ4v) is 2.49. The van der Waals surface area contributed by atoms with E-state index in [0.29, 0.717) is 17.1 Å². The molecule has 3 rings (SSSR count). The van der Waals surface area contributed by atoms with Gasteiger partial charge < -0.3 is 9.88 Å². The van der Waals surface area contributed by atoms with E-state index in [1.807, 2.05) is 36.7 Å². The number of amides is 1. The topological polar surface area (TPSA) is 46.9 Å². The molecule has 2 aromatic carbocycles. The Balaban J connectivity index is 1.73. The van der Waals surface area contributed by atoms with Gasteiger partial charge in [-0.3, -0.25) is 4.79 Å². The van der Waals surface area contributed by atoms with Gasteiger partial charge in [-0.1, -0.05) is 17.7 Å². The van der Waals surface area contributed by atoms with Crippen LogP contribution in [0.25, 0.3) is 11.0 Å². The summed E-state index contributed by atoms with van der Waals surface area (Å²) in [5.41, 5.74) is 3.65.